The Morgan fingerprint density at radius 1 is 1.12 bits per heavy atom. The lowest BCUT2D eigenvalue weighted by molar-refractivity contribution is -0.140. The molecule has 0 saturated carbocycles. The summed E-state index contributed by atoms with van der Waals surface area (Å²) in [5.41, 5.74) is 2.17. The number of nitrogens with zero attached hydrogens (tertiary/aromatic N) is 1. The van der Waals surface area contributed by atoms with Crippen molar-refractivity contribution in [1.82, 2.24) is 10.2 Å². The smallest absolute Gasteiger partial charge is 0.242 e. The second-order valence-corrected chi connectivity index (χ2v) is 7.38. The maximum Gasteiger partial charge on any atom is 0.242 e. The van der Waals surface area contributed by atoms with Gasteiger partial charge in [-0.05, 0) is 31.5 Å². The van der Waals surface area contributed by atoms with Gasteiger partial charge >= 0.3 is 0 Å². The lowest BCUT2D eigenvalue weighted by atomic mass is 10.1. The van der Waals surface area contributed by atoms with Gasteiger partial charge in [0.25, 0.3) is 0 Å². The van der Waals surface area contributed by atoms with Gasteiger partial charge < -0.3 is 10.2 Å². The molecule has 1 atom stereocenters. The Morgan fingerprint density at radius 3 is 2.50 bits per heavy atom. The lowest BCUT2D eigenvalue weighted by Crippen LogP contribution is -2.46. The number of thioether (sulfide) groups is 1. The van der Waals surface area contributed by atoms with Gasteiger partial charge in [-0.1, -0.05) is 48.0 Å². The Morgan fingerprint density at radius 2 is 1.85 bits per heavy atom. The van der Waals surface area contributed by atoms with Gasteiger partial charge in [0, 0.05) is 30.7 Å². The Kier molecular flexibility index (Phi) is 7.73. The molecule has 2 amide bonds. The molecule has 0 heterocycles. The van der Waals surface area contributed by atoms with Crippen LogP contribution in [-0.2, 0) is 16.1 Å². The molecule has 0 fully saturated rings. The summed E-state index contributed by atoms with van der Waals surface area (Å²) < 4.78 is 0. The van der Waals surface area contributed by atoms with Gasteiger partial charge in [0.15, 0.2) is 0 Å². The minimum absolute atomic E-state index is 0.00830. The van der Waals surface area contributed by atoms with E-state index in [9.17, 15) is 9.59 Å². The molecule has 0 aromatic heterocycles. The van der Waals surface area contributed by atoms with Crippen LogP contribution in [0.1, 0.15) is 24.5 Å². The maximum absolute atomic E-state index is 12.8. The quantitative estimate of drug-likeness (QED) is 0.722. The van der Waals surface area contributed by atoms with E-state index >= 15 is 0 Å². The van der Waals surface area contributed by atoms with Crippen molar-refractivity contribution in [2.45, 2.75) is 37.8 Å². The van der Waals surface area contributed by atoms with E-state index in [1.54, 1.807) is 30.6 Å². The number of benzene rings is 2. The highest BCUT2D eigenvalue weighted by Gasteiger charge is 2.25. The highest BCUT2D eigenvalue weighted by atomic mass is 32.2. The van der Waals surface area contributed by atoms with Crippen molar-refractivity contribution >= 4 is 23.6 Å². The van der Waals surface area contributed by atoms with Crippen molar-refractivity contribution in [3.63, 3.8) is 0 Å². The second-order valence-electron chi connectivity index (χ2n) is 6.21. The van der Waals surface area contributed by atoms with Gasteiger partial charge in [0.1, 0.15) is 6.04 Å². The summed E-state index contributed by atoms with van der Waals surface area (Å²) >= 11 is 1.65. The normalized spacial score (nSPS) is 11.7. The zero-order valence-corrected chi connectivity index (χ0v) is 16.4. The number of hydrogen-bond donors (Lipinski definition) is 1. The molecule has 0 bridgehead atoms. The highest BCUT2D eigenvalue weighted by Crippen LogP contribution is 2.19. The number of hydrogen-bond acceptors (Lipinski definition) is 3. The Labute approximate surface area is 160 Å². The molecule has 1 unspecified atom stereocenters. The van der Waals surface area contributed by atoms with E-state index in [1.807, 2.05) is 55.5 Å². The predicted octanol–water partition coefficient (Wildman–Crippen LogP) is 3.64. The van der Waals surface area contributed by atoms with E-state index in [-0.39, 0.29) is 11.8 Å². The van der Waals surface area contributed by atoms with Crippen LogP contribution in [0.15, 0.2) is 59.5 Å². The Bertz CT molecular complexity index is 734. The van der Waals surface area contributed by atoms with Crippen LogP contribution in [0.5, 0.6) is 0 Å². The van der Waals surface area contributed by atoms with E-state index in [0.717, 1.165) is 16.0 Å². The number of rotatable bonds is 8. The molecule has 5 heteroatoms. The minimum Gasteiger partial charge on any atom is -0.357 e. The van der Waals surface area contributed by atoms with Crippen LogP contribution >= 0.6 is 11.8 Å². The number of aryl methyl sites for hydroxylation is 1. The molecule has 1 N–H and O–H groups in total. The topological polar surface area (TPSA) is 49.4 Å². The lowest BCUT2D eigenvalue weighted by Gasteiger charge is -2.28. The summed E-state index contributed by atoms with van der Waals surface area (Å²) in [6.07, 6.45) is 0.396. The molecule has 0 aliphatic carbocycles. The summed E-state index contributed by atoms with van der Waals surface area (Å²) in [6.45, 7) is 4.23. The van der Waals surface area contributed by atoms with Crippen molar-refractivity contribution in [3.05, 3.63) is 65.7 Å². The van der Waals surface area contributed by atoms with Gasteiger partial charge in [-0.25, -0.2) is 0 Å². The van der Waals surface area contributed by atoms with E-state index < -0.39 is 6.04 Å². The third-order valence-corrected chi connectivity index (χ3v) is 5.19. The molecule has 0 aliphatic rings. The third kappa shape index (κ3) is 5.92. The Hall–Kier alpha value is -2.27. The van der Waals surface area contributed by atoms with Crippen LogP contribution < -0.4 is 5.32 Å². The zero-order chi connectivity index (χ0) is 18.9. The number of carbonyl (C=O) groups is 2. The summed E-state index contributed by atoms with van der Waals surface area (Å²) in [7, 11) is 1.60. The van der Waals surface area contributed by atoms with Crippen molar-refractivity contribution in [1.29, 1.82) is 0 Å². The Balaban J connectivity index is 2.04. The summed E-state index contributed by atoms with van der Waals surface area (Å²) in [5, 5.41) is 2.64. The fraction of sp³-hybridized carbons (Fsp3) is 0.333. The van der Waals surface area contributed by atoms with Gasteiger partial charge in [0.2, 0.25) is 11.8 Å². The number of carbonyl (C=O) groups excluding carboxylic acids is 2. The van der Waals surface area contributed by atoms with Gasteiger partial charge in [-0.2, -0.15) is 0 Å². The maximum atomic E-state index is 12.8. The average molecular weight is 371 g/mol. The molecule has 2 aromatic rings. The van der Waals surface area contributed by atoms with E-state index in [2.05, 4.69) is 11.4 Å². The van der Waals surface area contributed by atoms with Crippen LogP contribution in [0.3, 0.4) is 0 Å². The van der Waals surface area contributed by atoms with Crippen LogP contribution in [-0.4, -0.2) is 35.6 Å². The molecule has 4 nitrogen and oxygen atoms in total. The standard InChI is InChI=1S/C21H26N2O2S/c1-16-8-7-9-18(14-16)15-23(17(2)21(25)22-3)20(24)12-13-26-19-10-5-4-6-11-19/h4-11,14,17H,12-13,15H2,1-3H3,(H,22,25). The first-order valence-corrected chi connectivity index (χ1v) is 9.74. The molecule has 0 spiro atoms. The van der Waals surface area contributed by atoms with E-state index in [4.69, 9.17) is 0 Å². The molecule has 2 aromatic carbocycles. The molecular formula is C21H26N2O2S. The fourth-order valence-electron chi connectivity index (χ4n) is 2.72. The van der Waals surface area contributed by atoms with Crippen LogP contribution in [0.2, 0.25) is 0 Å². The monoisotopic (exact) mass is 370 g/mol. The molecule has 26 heavy (non-hydrogen) atoms. The van der Waals surface area contributed by atoms with E-state index in [0.29, 0.717) is 18.7 Å². The molecule has 0 saturated heterocycles. The molecule has 138 valence electrons. The van der Waals surface area contributed by atoms with Gasteiger partial charge in [-0.15, -0.1) is 11.8 Å². The van der Waals surface area contributed by atoms with E-state index in [1.165, 1.54) is 0 Å². The first-order valence-electron chi connectivity index (χ1n) is 8.75. The predicted molar refractivity (Wildman–Crippen MR) is 107 cm³/mol. The average Bonchev–Trinajstić information content (AvgIpc) is 2.65. The van der Waals surface area contributed by atoms with Crippen molar-refractivity contribution in [3.8, 4) is 0 Å². The fourth-order valence-corrected chi connectivity index (χ4v) is 3.58. The first-order chi connectivity index (χ1) is 12.5. The summed E-state index contributed by atoms with van der Waals surface area (Å²) in [6, 6.07) is 17.6. The van der Waals surface area contributed by atoms with Crippen LogP contribution in [0.25, 0.3) is 0 Å². The highest BCUT2D eigenvalue weighted by molar-refractivity contribution is 7.99. The van der Waals surface area contributed by atoms with Crippen molar-refractivity contribution in [2.24, 2.45) is 0 Å². The largest absolute Gasteiger partial charge is 0.357 e. The number of amides is 2. The van der Waals surface area contributed by atoms with Gasteiger partial charge in [0.05, 0.1) is 0 Å². The molecule has 0 aliphatic heterocycles. The summed E-state index contributed by atoms with van der Waals surface area (Å²) in [4.78, 5) is 27.7. The van der Waals surface area contributed by atoms with Crippen molar-refractivity contribution < 1.29 is 9.59 Å². The summed E-state index contributed by atoms with van der Waals surface area (Å²) in [5.74, 6) is 0.529. The first kappa shape index (κ1) is 20.0. The molecule has 0 radical (unpaired) electrons. The number of nitrogens with one attached hydrogen (secondary N) is 1. The second kappa shape index (κ2) is 10.0. The van der Waals surface area contributed by atoms with Gasteiger partial charge in [-0.3, -0.25) is 9.59 Å². The SMILES string of the molecule is CNC(=O)C(C)N(Cc1cccc(C)c1)C(=O)CCSc1ccccc1. The number of likely N-dealkylation sites (N-methyl/N-ethyl adjacent to an activating group) is 1. The molecule has 2 rings (SSSR count). The molecular weight excluding hydrogens is 344 g/mol. The third-order valence-electron chi connectivity index (χ3n) is 4.18. The minimum atomic E-state index is -0.505. The van der Waals surface area contributed by atoms with Crippen molar-refractivity contribution in [2.75, 3.05) is 12.8 Å². The van der Waals surface area contributed by atoms with Crippen LogP contribution in [0, 0.1) is 6.92 Å². The van der Waals surface area contributed by atoms with Crippen LogP contribution in [0.4, 0.5) is 0 Å². The zero-order valence-electron chi connectivity index (χ0n) is 15.6.